The van der Waals surface area contributed by atoms with Crippen LogP contribution < -0.4 is 4.74 Å². The Balaban J connectivity index is 2.47. The van der Waals surface area contributed by atoms with Crippen molar-refractivity contribution >= 4 is 35.5 Å². The van der Waals surface area contributed by atoms with Crippen molar-refractivity contribution in [1.29, 1.82) is 0 Å². The monoisotopic (exact) mass is 488 g/mol. The van der Waals surface area contributed by atoms with Crippen LogP contribution in [0.1, 0.15) is 33.3 Å². The van der Waals surface area contributed by atoms with Gasteiger partial charge in [0.2, 0.25) is 12.4 Å². The Bertz CT molecular complexity index is 887. The van der Waals surface area contributed by atoms with E-state index in [2.05, 4.69) is 0 Å². The summed E-state index contributed by atoms with van der Waals surface area (Å²) in [6, 6.07) is 4.47. The lowest BCUT2D eigenvalue weighted by atomic mass is 9.98. The largest absolute Gasteiger partial charge is 0.463 e. The van der Waals surface area contributed by atoms with Crippen molar-refractivity contribution < 1.29 is 52.7 Å². The van der Waals surface area contributed by atoms with Gasteiger partial charge in [-0.1, -0.05) is 17.7 Å². The molecule has 1 saturated heterocycles. The first-order chi connectivity index (χ1) is 15.5. The average molecular weight is 489 g/mol. The summed E-state index contributed by atoms with van der Waals surface area (Å²) in [4.78, 5) is 46.7. The van der Waals surface area contributed by atoms with Crippen LogP contribution in [-0.2, 0) is 49.5 Å². The molecule has 182 valence electrons. The van der Waals surface area contributed by atoms with E-state index in [9.17, 15) is 24.3 Å². The molecule has 1 aliphatic rings. The van der Waals surface area contributed by atoms with Gasteiger partial charge in [-0.25, -0.2) is 0 Å². The summed E-state index contributed by atoms with van der Waals surface area (Å²) in [5.74, 6) is -2.78. The standard InChI is InChI=1S/C21H25ClO11/c1-10(24)28-9-17-18(29-11(2)25)19(30-12(3)26)20(31-13(4)27)21(33-17)32-16-6-5-14(8-23)7-15(16)22/h5-7,17-21,23H,8-9H2,1-4H3/t17-,18+,19+,20-,21?/m1/s1. The zero-order valence-electron chi connectivity index (χ0n) is 18.4. The van der Waals surface area contributed by atoms with Gasteiger partial charge in [0, 0.05) is 27.7 Å². The molecule has 1 N–H and O–H groups in total. The SMILES string of the molecule is CC(=O)OC[C@H]1OC(Oc2ccc(CO)cc2Cl)[C@H](OC(C)=O)[C@@H](OC(C)=O)[C@H]1OC(C)=O. The fraction of sp³-hybridized carbons (Fsp3) is 0.524. The van der Waals surface area contributed by atoms with Crippen molar-refractivity contribution in [3.8, 4) is 5.75 Å². The average Bonchev–Trinajstić information content (AvgIpc) is 2.71. The van der Waals surface area contributed by atoms with E-state index in [1.54, 1.807) is 6.07 Å². The second-order valence-corrected chi connectivity index (χ2v) is 7.52. The van der Waals surface area contributed by atoms with Crippen LogP contribution in [0.15, 0.2) is 18.2 Å². The molecule has 11 nitrogen and oxygen atoms in total. The first kappa shape index (κ1) is 26.4. The van der Waals surface area contributed by atoms with Gasteiger partial charge in [-0.15, -0.1) is 0 Å². The molecule has 0 aromatic heterocycles. The highest BCUT2D eigenvalue weighted by molar-refractivity contribution is 6.32. The number of carbonyl (C=O) groups is 4. The zero-order valence-corrected chi connectivity index (χ0v) is 19.2. The smallest absolute Gasteiger partial charge is 0.303 e. The van der Waals surface area contributed by atoms with Gasteiger partial charge in [0.05, 0.1) is 11.6 Å². The minimum Gasteiger partial charge on any atom is -0.463 e. The predicted octanol–water partition coefficient (Wildman–Crippen LogP) is 1.29. The third-order valence-corrected chi connectivity index (χ3v) is 4.67. The van der Waals surface area contributed by atoms with Crippen molar-refractivity contribution in [2.75, 3.05) is 6.61 Å². The molecule has 1 aromatic rings. The number of benzene rings is 1. The number of ether oxygens (including phenoxy) is 6. The third-order valence-electron chi connectivity index (χ3n) is 4.37. The van der Waals surface area contributed by atoms with Gasteiger partial charge in [0.15, 0.2) is 12.2 Å². The molecule has 0 bridgehead atoms. The maximum Gasteiger partial charge on any atom is 0.303 e. The molecule has 0 aliphatic carbocycles. The van der Waals surface area contributed by atoms with E-state index in [0.29, 0.717) is 5.56 Å². The number of esters is 4. The highest BCUT2D eigenvalue weighted by atomic mass is 35.5. The first-order valence-corrected chi connectivity index (χ1v) is 10.3. The van der Waals surface area contributed by atoms with E-state index < -0.39 is 54.6 Å². The second kappa shape index (κ2) is 11.8. The van der Waals surface area contributed by atoms with Crippen molar-refractivity contribution in [2.24, 2.45) is 0 Å². The molecule has 0 amide bonds. The van der Waals surface area contributed by atoms with E-state index in [0.717, 1.165) is 20.8 Å². The Labute approximate surface area is 194 Å². The van der Waals surface area contributed by atoms with Crippen molar-refractivity contribution in [2.45, 2.75) is 65.0 Å². The van der Waals surface area contributed by atoms with E-state index >= 15 is 0 Å². The summed E-state index contributed by atoms with van der Waals surface area (Å²) in [5, 5.41) is 9.38. The third kappa shape index (κ3) is 7.58. The van der Waals surface area contributed by atoms with Crippen molar-refractivity contribution in [3.05, 3.63) is 28.8 Å². The number of halogens is 1. The Kier molecular flexibility index (Phi) is 9.44. The number of aliphatic hydroxyl groups is 1. The molecule has 33 heavy (non-hydrogen) atoms. The van der Waals surface area contributed by atoms with Crippen LogP contribution in [0.3, 0.4) is 0 Å². The molecule has 2 rings (SSSR count). The number of rotatable bonds is 8. The quantitative estimate of drug-likeness (QED) is 0.417. The van der Waals surface area contributed by atoms with Gasteiger partial charge < -0.3 is 33.5 Å². The number of hydrogen-bond acceptors (Lipinski definition) is 11. The minimum atomic E-state index is -1.40. The lowest BCUT2D eigenvalue weighted by Crippen LogP contribution is -2.63. The first-order valence-electron chi connectivity index (χ1n) is 9.88. The highest BCUT2D eigenvalue weighted by Crippen LogP contribution is 2.33. The van der Waals surface area contributed by atoms with Gasteiger partial charge in [-0.2, -0.15) is 0 Å². The van der Waals surface area contributed by atoms with Crippen LogP contribution in [-0.4, -0.2) is 66.3 Å². The molecule has 1 aromatic carbocycles. The summed E-state index contributed by atoms with van der Waals surface area (Å²) in [5.41, 5.74) is 0.522. The van der Waals surface area contributed by atoms with E-state index in [1.807, 2.05) is 0 Å². The van der Waals surface area contributed by atoms with Gasteiger partial charge in [-0.05, 0) is 17.7 Å². The van der Waals surface area contributed by atoms with Crippen LogP contribution in [0.25, 0.3) is 0 Å². The molecule has 0 saturated carbocycles. The Morgan fingerprint density at radius 1 is 0.909 bits per heavy atom. The lowest BCUT2D eigenvalue weighted by molar-refractivity contribution is -0.288. The molecular weight excluding hydrogens is 464 g/mol. The molecule has 5 atom stereocenters. The maximum atomic E-state index is 11.8. The van der Waals surface area contributed by atoms with Crippen molar-refractivity contribution in [3.63, 3.8) is 0 Å². The van der Waals surface area contributed by atoms with E-state index in [1.165, 1.54) is 19.1 Å². The maximum absolute atomic E-state index is 11.8. The fourth-order valence-electron chi connectivity index (χ4n) is 3.15. The molecule has 1 fully saturated rings. The molecular formula is C21H25ClO11. The summed E-state index contributed by atoms with van der Waals surface area (Å²) in [6.45, 7) is 3.90. The van der Waals surface area contributed by atoms with Crippen LogP contribution in [0.5, 0.6) is 5.75 Å². The normalized spacial score (nSPS) is 24.4. The summed E-state index contributed by atoms with van der Waals surface area (Å²) >= 11 is 6.21. The van der Waals surface area contributed by atoms with Gasteiger partial charge in [0.1, 0.15) is 18.5 Å². The summed E-state index contributed by atoms with van der Waals surface area (Å²) < 4.78 is 32.6. The number of aliphatic hydroxyl groups excluding tert-OH is 1. The Hall–Kier alpha value is -2.89. The topological polar surface area (TPSA) is 144 Å². The van der Waals surface area contributed by atoms with E-state index in [4.69, 9.17) is 40.0 Å². The van der Waals surface area contributed by atoms with Gasteiger partial charge in [0.25, 0.3) is 0 Å². The van der Waals surface area contributed by atoms with Crippen LogP contribution >= 0.6 is 11.6 Å². The molecule has 1 heterocycles. The molecule has 0 spiro atoms. The predicted molar refractivity (Wildman–Crippen MR) is 110 cm³/mol. The Morgan fingerprint density at radius 3 is 2.00 bits per heavy atom. The second-order valence-electron chi connectivity index (χ2n) is 7.11. The molecule has 12 heteroatoms. The minimum absolute atomic E-state index is 0.106. The van der Waals surface area contributed by atoms with Crippen molar-refractivity contribution in [1.82, 2.24) is 0 Å². The van der Waals surface area contributed by atoms with Crippen LogP contribution in [0, 0.1) is 0 Å². The zero-order chi connectivity index (χ0) is 24.7. The molecule has 1 unspecified atom stereocenters. The number of carbonyl (C=O) groups excluding carboxylic acids is 4. The Morgan fingerprint density at radius 2 is 1.48 bits per heavy atom. The molecule has 1 aliphatic heterocycles. The molecule has 0 radical (unpaired) electrons. The van der Waals surface area contributed by atoms with Gasteiger partial charge >= 0.3 is 23.9 Å². The summed E-state index contributed by atoms with van der Waals surface area (Å²) in [7, 11) is 0. The van der Waals surface area contributed by atoms with Crippen LogP contribution in [0.2, 0.25) is 5.02 Å². The lowest BCUT2D eigenvalue weighted by Gasteiger charge is -2.44. The van der Waals surface area contributed by atoms with E-state index in [-0.39, 0.29) is 24.0 Å². The van der Waals surface area contributed by atoms with Crippen LogP contribution in [0.4, 0.5) is 0 Å². The fourth-order valence-corrected chi connectivity index (χ4v) is 3.39. The summed E-state index contributed by atoms with van der Waals surface area (Å²) in [6.07, 6.45) is -6.57. The highest BCUT2D eigenvalue weighted by Gasteiger charge is 2.53. The number of hydrogen-bond donors (Lipinski definition) is 1. The van der Waals surface area contributed by atoms with Gasteiger partial charge in [-0.3, -0.25) is 19.2 Å².